The van der Waals surface area contributed by atoms with Gasteiger partial charge in [-0.05, 0) is 38.1 Å². The van der Waals surface area contributed by atoms with Gasteiger partial charge < -0.3 is 14.4 Å². The van der Waals surface area contributed by atoms with E-state index >= 15 is 0 Å². The van der Waals surface area contributed by atoms with E-state index in [2.05, 4.69) is 25.8 Å². The Morgan fingerprint density at radius 2 is 1.78 bits per heavy atom. The fourth-order valence-corrected chi connectivity index (χ4v) is 1.64. The Labute approximate surface area is 111 Å². The molecule has 1 aromatic carbocycles. The largest absolute Gasteiger partial charge is 0.493 e. The number of hydrogen-bond donors (Lipinski definition) is 0. The van der Waals surface area contributed by atoms with Gasteiger partial charge in [0.05, 0.1) is 7.11 Å². The second-order valence-corrected chi connectivity index (χ2v) is 4.99. The molecule has 0 heterocycles. The molecule has 0 N–H and O–H groups in total. The van der Waals surface area contributed by atoms with E-state index in [1.165, 1.54) is 6.42 Å². The van der Waals surface area contributed by atoms with E-state index in [-0.39, 0.29) is 0 Å². The Kier molecular flexibility index (Phi) is 6.58. The summed E-state index contributed by atoms with van der Waals surface area (Å²) in [7, 11) is 3.80. The van der Waals surface area contributed by atoms with Gasteiger partial charge in [0.1, 0.15) is 6.61 Å². The number of benzene rings is 1. The maximum absolute atomic E-state index is 5.74. The lowest BCUT2D eigenvalue weighted by Gasteiger charge is -2.18. The van der Waals surface area contributed by atoms with Crippen LogP contribution in [0.4, 0.5) is 0 Å². The van der Waals surface area contributed by atoms with Crippen LogP contribution in [0, 0.1) is 5.92 Å². The van der Waals surface area contributed by atoms with E-state index in [1.807, 2.05) is 24.3 Å². The van der Waals surface area contributed by atoms with Crippen molar-refractivity contribution in [1.82, 2.24) is 4.90 Å². The highest BCUT2D eigenvalue weighted by atomic mass is 16.5. The van der Waals surface area contributed by atoms with Crippen molar-refractivity contribution in [3.8, 4) is 11.5 Å². The predicted molar refractivity (Wildman–Crippen MR) is 75.4 cm³/mol. The van der Waals surface area contributed by atoms with Gasteiger partial charge in [-0.3, -0.25) is 0 Å². The number of methoxy groups -OCH3 is 1. The van der Waals surface area contributed by atoms with Crippen molar-refractivity contribution in [2.75, 3.05) is 33.9 Å². The highest BCUT2D eigenvalue weighted by Gasteiger charge is 2.04. The summed E-state index contributed by atoms with van der Waals surface area (Å²) < 4.78 is 11.0. The quantitative estimate of drug-likeness (QED) is 0.709. The molecule has 3 nitrogen and oxygen atoms in total. The van der Waals surface area contributed by atoms with Gasteiger partial charge >= 0.3 is 0 Å². The van der Waals surface area contributed by atoms with Crippen LogP contribution in [0.5, 0.6) is 11.5 Å². The van der Waals surface area contributed by atoms with E-state index in [4.69, 9.17) is 9.47 Å². The zero-order valence-corrected chi connectivity index (χ0v) is 12.0. The molecule has 0 fully saturated rings. The number of nitrogens with zero attached hydrogens (tertiary/aromatic N) is 1. The molecular weight excluding hydrogens is 226 g/mol. The molecule has 0 aliphatic rings. The number of rotatable bonds is 8. The first-order valence-electron chi connectivity index (χ1n) is 6.58. The first-order chi connectivity index (χ1) is 8.63. The van der Waals surface area contributed by atoms with Crippen LogP contribution in [0.15, 0.2) is 24.3 Å². The van der Waals surface area contributed by atoms with Crippen LogP contribution < -0.4 is 9.47 Å². The number of ether oxygens (including phenoxy) is 2. The minimum Gasteiger partial charge on any atom is -0.493 e. The summed E-state index contributed by atoms with van der Waals surface area (Å²) in [4.78, 5) is 2.30. The molecule has 0 unspecified atom stereocenters. The highest BCUT2D eigenvalue weighted by molar-refractivity contribution is 5.39. The molecule has 0 radical (unpaired) electrons. The van der Waals surface area contributed by atoms with Crippen LogP contribution in [-0.4, -0.2) is 38.8 Å². The first kappa shape index (κ1) is 14.8. The Balaban J connectivity index is 2.28. The monoisotopic (exact) mass is 251 g/mol. The summed E-state index contributed by atoms with van der Waals surface area (Å²) in [5, 5.41) is 0. The van der Waals surface area contributed by atoms with Crippen LogP contribution in [0.1, 0.15) is 20.3 Å². The van der Waals surface area contributed by atoms with Gasteiger partial charge in [-0.1, -0.05) is 26.0 Å². The third kappa shape index (κ3) is 5.41. The fraction of sp³-hybridized carbons (Fsp3) is 0.600. The zero-order chi connectivity index (χ0) is 13.4. The minimum atomic E-state index is 0.689. The lowest BCUT2D eigenvalue weighted by molar-refractivity contribution is 0.224. The molecule has 1 rings (SSSR count). The normalized spacial score (nSPS) is 11.0. The molecule has 3 heteroatoms. The van der Waals surface area contributed by atoms with Crippen molar-refractivity contribution >= 4 is 0 Å². The Morgan fingerprint density at radius 1 is 1.11 bits per heavy atom. The van der Waals surface area contributed by atoms with Gasteiger partial charge in [0, 0.05) is 6.54 Å². The van der Waals surface area contributed by atoms with E-state index in [1.54, 1.807) is 7.11 Å². The second kappa shape index (κ2) is 7.98. The summed E-state index contributed by atoms with van der Waals surface area (Å²) in [6.45, 7) is 7.24. The summed E-state index contributed by atoms with van der Waals surface area (Å²) in [6.07, 6.45) is 1.23. The number of hydrogen-bond acceptors (Lipinski definition) is 3. The van der Waals surface area contributed by atoms with Crippen molar-refractivity contribution < 1.29 is 9.47 Å². The van der Waals surface area contributed by atoms with Crippen molar-refractivity contribution in [1.29, 1.82) is 0 Å². The first-order valence-corrected chi connectivity index (χ1v) is 6.58. The fourth-order valence-electron chi connectivity index (χ4n) is 1.64. The van der Waals surface area contributed by atoms with Gasteiger partial charge in [-0.25, -0.2) is 0 Å². The van der Waals surface area contributed by atoms with Gasteiger partial charge in [0.15, 0.2) is 11.5 Å². The Morgan fingerprint density at radius 3 is 2.39 bits per heavy atom. The summed E-state index contributed by atoms with van der Waals surface area (Å²) in [5.41, 5.74) is 0. The topological polar surface area (TPSA) is 21.7 Å². The van der Waals surface area contributed by atoms with E-state index in [0.29, 0.717) is 6.61 Å². The molecule has 102 valence electrons. The van der Waals surface area contributed by atoms with E-state index in [9.17, 15) is 0 Å². The molecule has 0 spiro atoms. The van der Waals surface area contributed by atoms with Crippen molar-refractivity contribution in [3.05, 3.63) is 24.3 Å². The third-order valence-corrected chi connectivity index (χ3v) is 2.89. The minimum absolute atomic E-state index is 0.689. The Bertz CT molecular complexity index is 339. The van der Waals surface area contributed by atoms with Gasteiger partial charge in [0.25, 0.3) is 0 Å². The lowest BCUT2D eigenvalue weighted by atomic mass is 10.1. The smallest absolute Gasteiger partial charge is 0.161 e. The summed E-state index contributed by atoms with van der Waals surface area (Å²) >= 11 is 0. The van der Waals surface area contributed by atoms with Crippen LogP contribution in [0.3, 0.4) is 0 Å². The summed E-state index contributed by atoms with van der Waals surface area (Å²) in [5.74, 6) is 2.36. The van der Waals surface area contributed by atoms with Crippen molar-refractivity contribution in [3.63, 3.8) is 0 Å². The molecule has 0 amide bonds. The molecule has 0 aromatic heterocycles. The maximum Gasteiger partial charge on any atom is 0.161 e. The van der Waals surface area contributed by atoms with Crippen molar-refractivity contribution in [2.45, 2.75) is 20.3 Å². The van der Waals surface area contributed by atoms with E-state index in [0.717, 1.165) is 30.5 Å². The number of para-hydroxylation sites is 2. The van der Waals surface area contributed by atoms with Crippen LogP contribution >= 0.6 is 0 Å². The molecular formula is C15H25NO2. The average molecular weight is 251 g/mol. The van der Waals surface area contributed by atoms with Gasteiger partial charge in [-0.15, -0.1) is 0 Å². The SMILES string of the molecule is COc1ccccc1OCCN(C)CCC(C)C. The predicted octanol–water partition coefficient (Wildman–Crippen LogP) is 3.05. The van der Waals surface area contributed by atoms with Crippen LogP contribution in [-0.2, 0) is 0 Å². The highest BCUT2D eigenvalue weighted by Crippen LogP contribution is 2.25. The van der Waals surface area contributed by atoms with Gasteiger partial charge in [0.2, 0.25) is 0 Å². The molecule has 0 saturated heterocycles. The standard InChI is InChI=1S/C15H25NO2/c1-13(2)9-10-16(3)11-12-18-15-8-6-5-7-14(15)17-4/h5-8,13H,9-12H2,1-4H3. The molecule has 18 heavy (non-hydrogen) atoms. The van der Waals surface area contributed by atoms with Crippen molar-refractivity contribution in [2.24, 2.45) is 5.92 Å². The molecule has 1 aromatic rings. The molecule has 0 aliphatic carbocycles. The average Bonchev–Trinajstić information content (AvgIpc) is 2.37. The molecule has 0 atom stereocenters. The Hall–Kier alpha value is -1.22. The van der Waals surface area contributed by atoms with Crippen LogP contribution in [0.2, 0.25) is 0 Å². The zero-order valence-electron chi connectivity index (χ0n) is 12.0. The number of likely N-dealkylation sites (N-methyl/N-ethyl adjacent to an activating group) is 1. The summed E-state index contributed by atoms with van der Waals surface area (Å²) in [6, 6.07) is 7.76. The third-order valence-electron chi connectivity index (χ3n) is 2.89. The molecule has 0 saturated carbocycles. The second-order valence-electron chi connectivity index (χ2n) is 4.99. The van der Waals surface area contributed by atoms with E-state index < -0.39 is 0 Å². The molecule has 0 aliphatic heterocycles. The van der Waals surface area contributed by atoms with Gasteiger partial charge in [-0.2, -0.15) is 0 Å². The lowest BCUT2D eigenvalue weighted by Crippen LogP contribution is -2.26. The van der Waals surface area contributed by atoms with Crippen LogP contribution in [0.25, 0.3) is 0 Å². The maximum atomic E-state index is 5.74. The molecule has 0 bridgehead atoms.